The standard InChI is InChI=1S/C21H21ClN4O3S/c1-12-16-20(24-15-6-3-7-26(15)21(16)28)30-18(12)19(27)23-14-5-2-4-13(22)17(14)25-8-10-29-11-9-25/h2,4-5H,3,6-11H2,1H3,(H,23,27). The smallest absolute Gasteiger partial charge is 0.266 e. The van der Waals surface area contributed by atoms with Crippen LogP contribution in [0.5, 0.6) is 0 Å². The lowest BCUT2D eigenvalue weighted by Crippen LogP contribution is -2.37. The second kappa shape index (κ2) is 7.68. The van der Waals surface area contributed by atoms with Crippen LogP contribution >= 0.6 is 22.9 Å². The van der Waals surface area contributed by atoms with Crippen molar-refractivity contribution in [2.24, 2.45) is 0 Å². The van der Waals surface area contributed by atoms with Crippen molar-refractivity contribution < 1.29 is 9.53 Å². The van der Waals surface area contributed by atoms with Gasteiger partial charge in [0.2, 0.25) is 0 Å². The van der Waals surface area contributed by atoms with E-state index in [0.717, 1.165) is 24.4 Å². The van der Waals surface area contributed by atoms with Gasteiger partial charge in [-0.3, -0.25) is 14.2 Å². The van der Waals surface area contributed by atoms with Crippen LogP contribution in [-0.4, -0.2) is 41.8 Å². The van der Waals surface area contributed by atoms with Crippen LogP contribution in [0.25, 0.3) is 10.2 Å². The van der Waals surface area contributed by atoms with Gasteiger partial charge in [0, 0.05) is 26.1 Å². The molecule has 0 spiro atoms. The van der Waals surface area contributed by atoms with Crippen LogP contribution in [0.15, 0.2) is 23.0 Å². The first kappa shape index (κ1) is 19.5. The van der Waals surface area contributed by atoms with E-state index in [2.05, 4.69) is 15.2 Å². The zero-order chi connectivity index (χ0) is 20.8. The number of rotatable bonds is 3. The van der Waals surface area contributed by atoms with Crippen molar-refractivity contribution in [1.82, 2.24) is 9.55 Å². The van der Waals surface area contributed by atoms with Gasteiger partial charge in [-0.1, -0.05) is 17.7 Å². The van der Waals surface area contributed by atoms with Gasteiger partial charge in [0.25, 0.3) is 11.5 Å². The molecule has 0 atom stereocenters. The van der Waals surface area contributed by atoms with E-state index in [0.29, 0.717) is 64.2 Å². The van der Waals surface area contributed by atoms with Gasteiger partial charge in [-0.15, -0.1) is 11.3 Å². The van der Waals surface area contributed by atoms with Crippen LogP contribution in [0.4, 0.5) is 11.4 Å². The van der Waals surface area contributed by atoms with Gasteiger partial charge in [0.1, 0.15) is 10.7 Å². The fourth-order valence-electron chi connectivity index (χ4n) is 4.20. The summed E-state index contributed by atoms with van der Waals surface area (Å²) in [6, 6.07) is 5.48. The molecule has 0 radical (unpaired) electrons. The number of hydrogen-bond donors (Lipinski definition) is 1. The molecule has 30 heavy (non-hydrogen) atoms. The topological polar surface area (TPSA) is 76.5 Å². The zero-order valence-corrected chi connectivity index (χ0v) is 18.1. The van der Waals surface area contributed by atoms with E-state index in [-0.39, 0.29) is 11.5 Å². The fraction of sp³-hybridized carbons (Fsp3) is 0.381. The second-order valence-electron chi connectivity index (χ2n) is 7.51. The molecule has 1 fully saturated rings. The number of carbonyl (C=O) groups is 1. The first-order valence-electron chi connectivity index (χ1n) is 10.00. The number of ether oxygens (including phenoxy) is 1. The molecule has 0 bridgehead atoms. The van der Waals surface area contributed by atoms with E-state index in [4.69, 9.17) is 16.3 Å². The van der Waals surface area contributed by atoms with Crippen molar-refractivity contribution in [2.45, 2.75) is 26.3 Å². The van der Waals surface area contributed by atoms with E-state index in [9.17, 15) is 9.59 Å². The monoisotopic (exact) mass is 444 g/mol. The Hall–Kier alpha value is -2.42. The number of halogens is 1. The predicted octanol–water partition coefficient (Wildman–Crippen LogP) is 3.45. The minimum atomic E-state index is -0.253. The Morgan fingerprint density at radius 1 is 1.27 bits per heavy atom. The number of carbonyl (C=O) groups excluding carboxylic acids is 1. The molecule has 1 N–H and O–H groups in total. The Labute approximate surface area is 182 Å². The summed E-state index contributed by atoms with van der Waals surface area (Å²) in [5.41, 5.74) is 2.09. The average molecular weight is 445 g/mol. The highest BCUT2D eigenvalue weighted by atomic mass is 35.5. The molecule has 4 heterocycles. The lowest BCUT2D eigenvalue weighted by Gasteiger charge is -2.31. The third-order valence-electron chi connectivity index (χ3n) is 5.68. The van der Waals surface area contributed by atoms with Crippen LogP contribution < -0.4 is 15.8 Å². The number of nitrogens with zero attached hydrogens (tertiary/aromatic N) is 3. The number of amides is 1. The number of morpholine rings is 1. The number of para-hydroxylation sites is 1. The predicted molar refractivity (Wildman–Crippen MR) is 119 cm³/mol. The summed E-state index contributed by atoms with van der Waals surface area (Å²) < 4.78 is 7.17. The third kappa shape index (κ3) is 3.19. The van der Waals surface area contributed by atoms with Crippen molar-refractivity contribution in [3.05, 3.63) is 49.8 Å². The maximum absolute atomic E-state index is 13.2. The van der Waals surface area contributed by atoms with Crippen molar-refractivity contribution in [3.63, 3.8) is 0 Å². The van der Waals surface area contributed by atoms with Crippen LogP contribution in [0, 0.1) is 6.92 Å². The van der Waals surface area contributed by atoms with E-state index in [1.165, 1.54) is 11.3 Å². The molecular weight excluding hydrogens is 424 g/mol. The van der Waals surface area contributed by atoms with Gasteiger partial charge in [0.05, 0.1) is 39.9 Å². The zero-order valence-electron chi connectivity index (χ0n) is 16.5. The lowest BCUT2D eigenvalue weighted by atomic mass is 10.2. The number of aryl methyl sites for hydroxylation is 2. The highest BCUT2D eigenvalue weighted by Gasteiger charge is 2.25. The fourth-order valence-corrected chi connectivity index (χ4v) is 5.58. The number of anilines is 2. The van der Waals surface area contributed by atoms with Gasteiger partial charge in [-0.2, -0.15) is 0 Å². The van der Waals surface area contributed by atoms with Crippen molar-refractivity contribution in [3.8, 4) is 0 Å². The first-order chi connectivity index (χ1) is 14.5. The summed E-state index contributed by atoms with van der Waals surface area (Å²) in [6.07, 6.45) is 1.74. The van der Waals surface area contributed by atoms with Gasteiger partial charge >= 0.3 is 0 Å². The molecule has 3 aromatic rings. The highest BCUT2D eigenvalue weighted by molar-refractivity contribution is 7.20. The number of benzene rings is 1. The first-order valence-corrected chi connectivity index (χ1v) is 11.2. The third-order valence-corrected chi connectivity index (χ3v) is 7.17. The Kier molecular flexibility index (Phi) is 5.00. The maximum Gasteiger partial charge on any atom is 0.266 e. The summed E-state index contributed by atoms with van der Waals surface area (Å²) in [5.74, 6) is 0.557. The second-order valence-corrected chi connectivity index (χ2v) is 8.92. The van der Waals surface area contributed by atoms with Crippen molar-refractivity contribution in [1.29, 1.82) is 0 Å². The largest absolute Gasteiger partial charge is 0.378 e. The Bertz CT molecular complexity index is 1210. The molecule has 2 aromatic heterocycles. The van der Waals surface area contributed by atoms with Crippen LogP contribution in [0.3, 0.4) is 0 Å². The lowest BCUT2D eigenvalue weighted by molar-refractivity contribution is 0.103. The number of thiophene rings is 1. The number of fused-ring (bicyclic) bond motifs is 2. The Morgan fingerprint density at radius 2 is 2.07 bits per heavy atom. The molecular formula is C21H21ClN4O3S. The summed E-state index contributed by atoms with van der Waals surface area (Å²) in [4.78, 5) is 34.0. The van der Waals surface area contributed by atoms with Gasteiger partial charge < -0.3 is 15.0 Å². The highest BCUT2D eigenvalue weighted by Crippen LogP contribution is 2.36. The molecule has 0 saturated carbocycles. The van der Waals surface area contributed by atoms with Crippen LogP contribution in [0.2, 0.25) is 5.02 Å². The average Bonchev–Trinajstić information content (AvgIpc) is 3.34. The number of nitrogens with one attached hydrogen (secondary N) is 1. The van der Waals surface area contributed by atoms with E-state index < -0.39 is 0 Å². The maximum atomic E-state index is 13.2. The van der Waals surface area contributed by atoms with Gasteiger partial charge in [-0.25, -0.2) is 4.98 Å². The molecule has 1 amide bonds. The van der Waals surface area contributed by atoms with Gasteiger partial charge in [0.15, 0.2) is 0 Å². The van der Waals surface area contributed by atoms with E-state index in [1.54, 1.807) is 4.57 Å². The molecule has 1 aromatic carbocycles. The SMILES string of the molecule is Cc1c(C(=O)Nc2cccc(Cl)c2N2CCOCC2)sc2nc3n(c(=O)c12)CCC3. The normalized spacial score (nSPS) is 16.1. The van der Waals surface area contributed by atoms with Crippen LogP contribution in [0.1, 0.15) is 27.5 Å². The molecule has 0 aliphatic carbocycles. The summed E-state index contributed by atoms with van der Waals surface area (Å²) in [7, 11) is 0. The summed E-state index contributed by atoms with van der Waals surface area (Å²) in [5, 5.41) is 4.15. The molecule has 7 nitrogen and oxygen atoms in total. The molecule has 2 aliphatic heterocycles. The minimum absolute atomic E-state index is 0.0444. The molecule has 5 rings (SSSR count). The van der Waals surface area contributed by atoms with Crippen molar-refractivity contribution in [2.75, 3.05) is 36.5 Å². The quantitative estimate of drug-likeness (QED) is 0.669. The molecule has 0 unspecified atom stereocenters. The molecule has 156 valence electrons. The molecule has 1 saturated heterocycles. The van der Waals surface area contributed by atoms with Gasteiger partial charge in [-0.05, 0) is 31.0 Å². The van der Waals surface area contributed by atoms with E-state index >= 15 is 0 Å². The number of hydrogen-bond acceptors (Lipinski definition) is 6. The number of aromatic nitrogens is 2. The van der Waals surface area contributed by atoms with Crippen LogP contribution in [-0.2, 0) is 17.7 Å². The molecule has 2 aliphatic rings. The Balaban J connectivity index is 1.52. The summed E-state index contributed by atoms with van der Waals surface area (Å²) in [6.45, 7) is 5.17. The summed E-state index contributed by atoms with van der Waals surface area (Å²) >= 11 is 7.75. The Morgan fingerprint density at radius 3 is 2.87 bits per heavy atom. The molecule has 9 heteroatoms. The minimum Gasteiger partial charge on any atom is -0.378 e. The van der Waals surface area contributed by atoms with E-state index in [1.807, 2.05) is 25.1 Å². The van der Waals surface area contributed by atoms with Crippen molar-refractivity contribution >= 4 is 50.4 Å².